The van der Waals surface area contributed by atoms with Crippen molar-refractivity contribution < 1.29 is 16.0 Å². The minimum Gasteiger partial charge on any atom is -0.387 e. The Hall–Kier alpha value is -0.120. The highest BCUT2D eigenvalue weighted by Gasteiger charge is 2.49. The highest BCUT2D eigenvalue weighted by Crippen LogP contribution is 2.33. The van der Waals surface area contributed by atoms with E-state index >= 15 is 0 Å². The number of fused-ring (bicyclic) bond motifs is 2. The first-order valence-electron chi connectivity index (χ1n) is 4.22. The molecule has 2 rings (SSSR count). The fraction of sp³-hybridized carbons (Fsp3) is 1.00. The van der Waals surface area contributed by atoms with Crippen molar-refractivity contribution in [2.45, 2.75) is 31.1 Å². The van der Waals surface area contributed by atoms with Gasteiger partial charge in [-0.2, -0.15) is 0 Å². The highest BCUT2D eigenvalue weighted by molar-refractivity contribution is 4.97. The Morgan fingerprint density at radius 1 is 1.80 bits per heavy atom. The molecule has 2 heterocycles. The summed E-state index contributed by atoms with van der Waals surface area (Å²) in [7, 11) is 0. The van der Waals surface area contributed by atoms with E-state index in [4.69, 9.17) is 10.8 Å². The summed E-state index contributed by atoms with van der Waals surface area (Å²) in [4.78, 5) is 0. The lowest BCUT2D eigenvalue weighted by molar-refractivity contribution is -0.119. The molecule has 0 aromatic carbocycles. The van der Waals surface area contributed by atoms with Crippen LogP contribution in [0.2, 0.25) is 0 Å². The zero-order valence-corrected chi connectivity index (χ0v) is 5.75. The monoisotopic (exact) mass is 145 g/mol. The number of ether oxygens (including phenoxy) is 2. The molecule has 2 aliphatic rings. The van der Waals surface area contributed by atoms with Crippen molar-refractivity contribution in [1.29, 1.82) is 0 Å². The summed E-state index contributed by atoms with van der Waals surface area (Å²) in [5.41, 5.74) is -0.705. The molecule has 58 valence electrons. The van der Waals surface area contributed by atoms with E-state index in [0.29, 0.717) is 13.2 Å². The van der Waals surface area contributed by atoms with Crippen molar-refractivity contribution in [3.63, 3.8) is 0 Å². The fourth-order valence-corrected chi connectivity index (χ4v) is 1.51. The Balaban J connectivity index is 2.19. The normalized spacial score (nSPS) is 54.7. The molecule has 2 aliphatic heterocycles. The van der Waals surface area contributed by atoms with Gasteiger partial charge in [-0.25, -0.2) is 0 Å². The molecule has 3 atom stereocenters. The second-order valence-electron chi connectivity index (χ2n) is 3.00. The number of hydrogen-bond donors (Lipinski definition) is 1. The molecule has 0 spiro atoms. The third kappa shape index (κ3) is 0.713. The lowest BCUT2D eigenvalue weighted by atomic mass is 9.95. The first-order valence-corrected chi connectivity index (χ1v) is 3.51. The molecule has 2 bridgehead atoms. The lowest BCUT2D eigenvalue weighted by Gasteiger charge is -2.32. The molecular formula is C7H12O3. The van der Waals surface area contributed by atoms with E-state index in [0.717, 1.165) is 6.42 Å². The molecule has 0 aromatic rings. The molecule has 0 aromatic heterocycles. The van der Waals surface area contributed by atoms with Crippen molar-refractivity contribution >= 4 is 0 Å². The summed E-state index contributed by atoms with van der Waals surface area (Å²) < 4.78 is 17.9. The molecule has 3 nitrogen and oxygen atoms in total. The first kappa shape index (κ1) is 5.52. The Bertz CT molecular complexity index is 160. The standard InChI is InChI=1S/C7H12O3/c1-7-4-9-5(6(7)8)2-3-10-7/h5-6,8H,2-4H2,1H3/i1D. The minimum absolute atomic E-state index is 0.0880. The van der Waals surface area contributed by atoms with Crippen LogP contribution >= 0.6 is 0 Å². The number of aliphatic hydroxyl groups excluding tert-OH is 1. The SMILES string of the molecule is [2H]CC12COC(CCO1)C2O. The van der Waals surface area contributed by atoms with E-state index in [1.54, 1.807) is 0 Å². The van der Waals surface area contributed by atoms with Crippen LogP contribution < -0.4 is 0 Å². The van der Waals surface area contributed by atoms with Crippen molar-refractivity contribution in [2.75, 3.05) is 13.2 Å². The van der Waals surface area contributed by atoms with Gasteiger partial charge in [0, 0.05) is 1.37 Å². The van der Waals surface area contributed by atoms with Gasteiger partial charge in [0.05, 0.1) is 19.3 Å². The Morgan fingerprint density at radius 3 is 3.40 bits per heavy atom. The summed E-state index contributed by atoms with van der Waals surface area (Å²) >= 11 is 0. The van der Waals surface area contributed by atoms with Gasteiger partial charge in [-0.3, -0.25) is 0 Å². The Morgan fingerprint density at radius 2 is 2.70 bits per heavy atom. The molecule has 0 amide bonds. The van der Waals surface area contributed by atoms with Gasteiger partial charge in [-0.05, 0) is 13.3 Å². The maximum absolute atomic E-state index is 9.59. The molecule has 3 unspecified atom stereocenters. The van der Waals surface area contributed by atoms with Gasteiger partial charge in [-0.15, -0.1) is 0 Å². The van der Waals surface area contributed by atoms with Crippen molar-refractivity contribution in [3.05, 3.63) is 0 Å². The zero-order chi connectivity index (χ0) is 7.90. The summed E-state index contributed by atoms with van der Waals surface area (Å²) in [6.07, 6.45) is 0.0750. The van der Waals surface area contributed by atoms with Crippen LogP contribution in [0.25, 0.3) is 0 Å². The van der Waals surface area contributed by atoms with Crippen LogP contribution in [-0.2, 0) is 9.47 Å². The molecule has 0 saturated carbocycles. The molecule has 1 N–H and O–H groups in total. The quantitative estimate of drug-likeness (QED) is 0.518. The smallest absolute Gasteiger partial charge is 0.117 e. The second kappa shape index (κ2) is 1.94. The van der Waals surface area contributed by atoms with E-state index in [9.17, 15) is 5.11 Å². The van der Waals surface area contributed by atoms with E-state index in [2.05, 4.69) is 0 Å². The third-order valence-corrected chi connectivity index (χ3v) is 2.22. The first-order chi connectivity index (χ1) is 5.28. The fourth-order valence-electron chi connectivity index (χ4n) is 1.51. The van der Waals surface area contributed by atoms with Gasteiger partial charge in [0.2, 0.25) is 0 Å². The van der Waals surface area contributed by atoms with Crippen molar-refractivity contribution in [1.82, 2.24) is 0 Å². The zero-order valence-electron chi connectivity index (χ0n) is 6.75. The van der Waals surface area contributed by atoms with Crippen LogP contribution in [0.4, 0.5) is 0 Å². The summed E-state index contributed by atoms with van der Waals surface area (Å²) in [6.45, 7) is 1.08. The van der Waals surface area contributed by atoms with Crippen LogP contribution in [0.15, 0.2) is 0 Å². The van der Waals surface area contributed by atoms with Crippen LogP contribution in [0.5, 0.6) is 0 Å². The van der Waals surface area contributed by atoms with Crippen LogP contribution in [0.3, 0.4) is 0 Å². The van der Waals surface area contributed by atoms with Crippen LogP contribution in [0.1, 0.15) is 14.7 Å². The second-order valence-corrected chi connectivity index (χ2v) is 3.00. The summed E-state index contributed by atoms with van der Waals surface area (Å²) in [6, 6.07) is 0. The van der Waals surface area contributed by atoms with Crippen molar-refractivity contribution in [2.24, 2.45) is 0 Å². The average Bonchev–Trinajstić information content (AvgIpc) is 2.25. The predicted molar refractivity (Wildman–Crippen MR) is 34.7 cm³/mol. The Kier molecular flexibility index (Phi) is 1.07. The van der Waals surface area contributed by atoms with E-state index in [1.807, 2.05) is 0 Å². The topological polar surface area (TPSA) is 38.7 Å². The minimum atomic E-state index is -0.705. The highest BCUT2D eigenvalue weighted by atomic mass is 16.6. The van der Waals surface area contributed by atoms with Gasteiger partial charge < -0.3 is 14.6 Å². The largest absolute Gasteiger partial charge is 0.387 e. The average molecular weight is 145 g/mol. The Labute approximate surface area is 61.3 Å². The van der Waals surface area contributed by atoms with Gasteiger partial charge in [0.1, 0.15) is 11.7 Å². The van der Waals surface area contributed by atoms with Crippen LogP contribution in [0, 0.1) is 0 Å². The van der Waals surface area contributed by atoms with E-state index < -0.39 is 11.7 Å². The summed E-state index contributed by atoms with van der Waals surface area (Å²) in [5, 5.41) is 9.59. The van der Waals surface area contributed by atoms with Crippen molar-refractivity contribution in [3.8, 4) is 0 Å². The van der Waals surface area contributed by atoms with E-state index in [1.165, 1.54) is 0 Å². The molecule has 2 saturated heterocycles. The molecule has 0 radical (unpaired) electrons. The van der Waals surface area contributed by atoms with Gasteiger partial charge in [0.25, 0.3) is 0 Å². The third-order valence-electron chi connectivity index (χ3n) is 2.22. The van der Waals surface area contributed by atoms with E-state index in [-0.39, 0.29) is 13.0 Å². The molecule has 0 aliphatic carbocycles. The lowest BCUT2D eigenvalue weighted by Crippen LogP contribution is -2.47. The number of rotatable bonds is 0. The van der Waals surface area contributed by atoms with Crippen LogP contribution in [-0.4, -0.2) is 36.1 Å². The molecule has 10 heavy (non-hydrogen) atoms. The molecule has 3 heteroatoms. The van der Waals surface area contributed by atoms with Gasteiger partial charge >= 0.3 is 0 Å². The van der Waals surface area contributed by atoms with Gasteiger partial charge in [-0.1, -0.05) is 0 Å². The number of hydrogen-bond acceptors (Lipinski definition) is 3. The molecular weight excluding hydrogens is 132 g/mol. The maximum Gasteiger partial charge on any atom is 0.117 e. The summed E-state index contributed by atoms with van der Waals surface area (Å²) in [5.74, 6) is 0. The maximum atomic E-state index is 9.59. The number of aliphatic hydroxyl groups is 1. The van der Waals surface area contributed by atoms with Gasteiger partial charge in [0.15, 0.2) is 0 Å². The predicted octanol–water partition coefficient (Wildman–Crippen LogP) is -0.0749. The molecule has 2 fully saturated rings.